The van der Waals surface area contributed by atoms with Crippen LogP contribution in [0.3, 0.4) is 0 Å². The number of hydrogen-bond acceptors (Lipinski definition) is 4. The molecule has 154 valence electrons. The Morgan fingerprint density at radius 1 is 1.07 bits per heavy atom. The van der Waals surface area contributed by atoms with E-state index in [1.54, 1.807) is 0 Å². The maximum Gasteiger partial charge on any atom is 0.234 e. The zero-order valence-corrected chi connectivity index (χ0v) is 17.1. The molecule has 5 nitrogen and oxygen atoms in total. The van der Waals surface area contributed by atoms with Crippen molar-refractivity contribution in [2.45, 2.75) is 25.4 Å². The molecule has 3 heterocycles. The third-order valence-electron chi connectivity index (χ3n) is 6.34. The molecule has 1 fully saturated rings. The summed E-state index contributed by atoms with van der Waals surface area (Å²) in [6.45, 7) is 3.48. The zero-order chi connectivity index (χ0) is 20.3. The average molecular weight is 402 g/mol. The third-order valence-corrected chi connectivity index (χ3v) is 6.34. The molecule has 0 radical (unpaired) electrons. The van der Waals surface area contributed by atoms with Gasteiger partial charge in [-0.1, -0.05) is 42.5 Å². The second-order valence-electron chi connectivity index (χ2n) is 8.39. The minimum Gasteiger partial charge on any atom is -0.379 e. The van der Waals surface area contributed by atoms with Crippen LogP contribution >= 0.6 is 0 Å². The molecular weight excluding hydrogens is 374 g/mol. The number of carbonyl (C=O) groups excluding carboxylic acids is 1. The standard InChI is InChI=1S/C25H27N3O2/c29-25(15-28-12-10-18-5-1-2-6-20(18)14-28)27-24-17-30-16-21(24)13-19-9-11-26-23-8-4-3-7-22(19)23/h1-9,11,21,24H,10,12-17H2,(H,27,29)/t21-,24-/m1/s1. The molecule has 2 aliphatic heterocycles. The highest BCUT2D eigenvalue weighted by atomic mass is 16.5. The van der Waals surface area contributed by atoms with Crippen molar-refractivity contribution in [3.8, 4) is 0 Å². The number of pyridine rings is 1. The second-order valence-corrected chi connectivity index (χ2v) is 8.39. The highest BCUT2D eigenvalue weighted by Gasteiger charge is 2.30. The Morgan fingerprint density at radius 2 is 1.90 bits per heavy atom. The van der Waals surface area contributed by atoms with Gasteiger partial charge in [-0.15, -0.1) is 0 Å². The summed E-state index contributed by atoms with van der Waals surface area (Å²) in [5.74, 6) is 0.372. The van der Waals surface area contributed by atoms with Gasteiger partial charge < -0.3 is 10.1 Å². The van der Waals surface area contributed by atoms with Crippen LogP contribution in [0, 0.1) is 5.92 Å². The quantitative estimate of drug-likeness (QED) is 0.714. The molecule has 1 amide bonds. The van der Waals surface area contributed by atoms with Crippen LogP contribution in [0.2, 0.25) is 0 Å². The van der Waals surface area contributed by atoms with Crippen LogP contribution in [0.5, 0.6) is 0 Å². The fourth-order valence-electron chi connectivity index (χ4n) is 4.72. The maximum absolute atomic E-state index is 12.8. The number of rotatable bonds is 5. The van der Waals surface area contributed by atoms with Gasteiger partial charge in [0.25, 0.3) is 0 Å². The van der Waals surface area contributed by atoms with Gasteiger partial charge in [0.1, 0.15) is 0 Å². The van der Waals surface area contributed by atoms with E-state index in [4.69, 9.17) is 4.74 Å². The molecule has 0 bridgehead atoms. The van der Waals surface area contributed by atoms with Crippen LogP contribution in [-0.4, -0.2) is 48.1 Å². The largest absolute Gasteiger partial charge is 0.379 e. The molecular formula is C25H27N3O2. The van der Waals surface area contributed by atoms with E-state index in [1.165, 1.54) is 22.1 Å². The Morgan fingerprint density at radius 3 is 2.83 bits per heavy atom. The van der Waals surface area contributed by atoms with Gasteiger partial charge in [-0.25, -0.2) is 0 Å². The first kappa shape index (κ1) is 19.2. The molecule has 5 heteroatoms. The molecule has 30 heavy (non-hydrogen) atoms. The summed E-state index contributed by atoms with van der Waals surface area (Å²) in [5, 5.41) is 4.43. The van der Waals surface area contributed by atoms with Crippen molar-refractivity contribution in [3.63, 3.8) is 0 Å². The summed E-state index contributed by atoms with van der Waals surface area (Å²) in [4.78, 5) is 19.5. The lowest BCUT2D eigenvalue weighted by Crippen LogP contribution is -2.46. The molecule has 0 unspecified atom stereocenters. The monoisotopic (exact) mass is 401 g/mol. The topological polar surface area (TPSA) is 54.5 Å². The highest BCUT2D eigenvalue weighted by molar-refractivity contribution is 5.82. The Kier molecular flexibility index (Phi) is 5.47. The summed E-state index contributed by atoms with van der Waals surface area (Å²) in [6.07, 6.45) is 3.76. The summed E-state index contributed by atoms with van der Waals surface area (Å²) < 4.78 is 5.75. The third kappa shape index (κ3) is 4.09. The molecule has 0 saturated carbocycles. The Labute approximate surface area is 177 Å². The van der Waals surface area contributed by atoms with E-state index in [1.807, 2.05) is 18.3 Å². The van der Waals surface area contributed by atoms with Crippen molar-refractivity contribution in [2.75, 3.05) is 26.3 Å². The first-order valence-corrected chi connectivity index (χ1v) is 10.7. The highest BCUT2D eigenvalue weighted by Crippen LogP contribution is 2.24. The Balaban J connectivity index is 1.21. The number of amides is 1. The number of aromatic nitrogens is 1. The molecule has 1 N–H and O–H groups in total. The fourth-order valence-corrected chi connectivity index (χ4v) is 4.72. The van der Waals surface area contributed by atoms with E-state index >= 15 is 0 Å². The molecule has 1 saturated heterocycles. The fraction of sp³-hybridized carbons (Fsp3) is 0.360. The van der Waals surface area contributed by atoms with Crippen molar-refractivity contribution in [1.29, 1.82) is 0 Å². The summed E-state index contributed by atoms with van der Waals surface area (Å²) in [6, 6.07) is 18.9. The average Bonchev–Trinajstić information content (AvgIpc) is 3.20. The first-order chi connectivity index (χ1) is 14.8. The normalized spacial score (nSPS) is 21.5. The lowest BCUT2D eigenvalue weighted by molar-refractivity contribution is -0.123. The minimum absolute atomic E-state index is 0.0569. The van der Waals surface area contributed by atoms with Gasteiger partial charge in [0, 0.05) is 30.6 Å². The van der Waals surface area contributed by atoms with Gasteiger partial charge in [-0.2, -0.15) is 0 Å². The molecule has 2 aromatic carbocycles. The minimum atomic E-state index is 0.0569. The molecule has 2 atom stereocenters. The number of hydrogen-bond donors (Lipinski definition) is 1. The summed E-state index contributed by atoms with van der Waals surface area (Å²) in [7, 11) is 0. The van der Waals surface area contributed by atoms with E-state index in [0.717, 1.165) is 31.4 Å². The van der Waals surface area contributed by atoms with Gasteiger partial charge in [-0.3, -0.25) is 14.7 Å². The van der Waals surface area contributed by atoms with E-state index in [2.05, 4.69) is 57.7 Å². The molecule has 0 spiro atoms. The van der Waals surface area contributed by atoms with E-state index in [0.29, 0.717) is 19.8 Å². The number of carbonyl (C=O) groups is 1. The summed E-state index contributed by atoms with van der Waals surface area (Å²) >= 11 is 0. The van der Waals surface area contributed by atoms with Gasteiger partial charge >= 0.3 is 0 Å². The number of nitrogens with one attached hydrogen (secondary N) is 1. The lowest BCUT2D eigenvalue weighted by Gasteiger charge is -2.29. The number of fused-ring (bicyclic) bond motifs is 2. The van der Waals surface area contributed by atoms with Gasteiger partial charge in [-0.05, 0) is 41.7 Å². The molecule has 3 aromatic rings. The Bertz CT molecular complexity index is 1050. The number of benzene rings is 2. The van der Waals surface area contributed by atoms with Crippen LogP contribution in [0.15, 0.2) is 60.8 Å². The Hall–Kier alpha value is -2.76. The number of para-hydroxylation sites is 1. The van der Waals surface area contributed by atoms with Crippen LogP contribution in [0.4, 0.5) is 0 Å². The molecule has 5 rings (SSSR count). The predicted octanol–water partition coefficient (Wildman–Crippen LogP) is 2.97. The smallest absolute Gasteiger partial charge is 0.234 e. The predicted molar refractivity (Wildman–Crippen MR) is 117 cm³/mol. The first-order valence-electron chi connectivity index (χ1n) is 10.7. The van der Waals surface area contributed by atoms with E-state index in [-0.39, 0.29) is 17.9 Å². The molecule has 1 aromatic heterocycles. The van der Waals surface area contributed by atoms with Crippen LogP contribution in [-0.2, 0) is 28.9 Å². The van der Waals surface area contributed by atoms with E-state index in [9.17, 15) is 4.79 Å². The van der Waals surface area contributed by atoms with Crippen molar-refractivity contribution in [3.05, 3.63) is 77.5 Å². The van der Waals surface area contributed by atoms with Crippen molar-refractivity contribution >= 4 is 16.8 Å². The van der Waals surface area contributed by atoms with Gasteiger partial charge in [0.05, 0.1) is 31.3 Å². The van der Waals surface area contributed by atoms with Gasteiger partial charge in [0.15, 0.2) is 0 Å². The number of nitrogens with zero attached hydrogens (tertiary/aromatic N) is 2. The van der Waals surface area contributed by atoms with Crippen molar-refractivity contribution < 1.29 is 9.53 Å². The number of ether oxygens (including phenoxy) is 1. The SMILES string of the molecule is O=C(CN1CCc2ccccc2C1)N[C@@H]1COC[C@H]1Cc1ccnc2ccccc12. The summed E-state index contributed by atoms with van der Waals surface area (Å²) in [5.41, 5.74) is 5.02. The molecule has 2 aliphatic rings. The van der Waals surface area contributed by atoms with Crippen LogP contribution in [0.25, 0.3) is 10.9 Å². The van der Waals surface area contributed by atoms with E-state index < -0.39 is 0 Å². The van der Waals surface area contributed by atoms with Crippen molar-refractivity contribution in [1.82, 2.24) is 15.2 Å². The molecule has 0 aliphatic carbocycles. The van der Waals surface area contributed by atoms with Crippen molar-refractivity contribution in [2.24, 2.45) is 5.92 Å². The van der Waals surface area contributed by atoms with Gasteiger partial charge in [0.2, 0.25) is 5.91 Å². The zero-order valence-electron chi connectivity index (χ0n) is 17.1. The lowest BCUT2D eigenvalue weighted by atomic mass is 9.93. The van der Waals surface area contributed by atoms with Crippen LogP contribution < -0.4 is 5.32 Å². The van der Waals surface area contributed by atoms with Crippen LogP contribution in [0.1, 0.15) is 16.7 Å². The second kappa shape index (κ2) is 8.54. The maximum atomic E-state index is 12.8.